The fourth-order valence-electron chi connectivity index (χ4n) is 4.07. The number of hydrogen-bond acceptors (Lipinski definition) is 4. The lowest BCUT2D eigenvalue weighted by Gasteiger charge is -2.31. The molecule has 0 saturated heterocycles. The number of carbonyl (C=O) groups is 2. The monoisotopic (exact) mass is 535 g/mol. The summed E-state index contributed by atoms with van der Waals surface area (Å²) in [5, 5.41) is 3.39. The number of sulfonamides is 1. The van der Waals surface area contributed by atoms with Gasteiger partial charge in [0.25, 0.3) is 0 Å². The van der Waals surface area contributed by atoms with Gasteiger partial charge in [-0.2, -0.15) is 0 Å². The first-order chi connectivity index (χ1) is 17.1. The van der Waals surface area contributed by atoms with Crippen LogP contribution in [0, 0.1) is 6.92 Å². The Kier molecular flexibility index (Phi) is 11.7. The Morgan fingerprint density at radius 3 is 2.39 bits per heavy atom. The van der Waals surface area contributed by atoms with Crippen molar-refractivity contribution in [3.63, 3.8) is 0 Å². The van der Waals surface area contributed by atoms with Crippen molar-refractivity contribution in [2.75, 3.05) is 23.7 Å². The van der Waals surface area contributed by atoms with Crippen LogP contribution in [0.4, 0.5) is 5.69 Å². The quantitative estimate of drug-likeness (QED) is 0.348. The van der Waals surface area contributed by atoms with Crippen LogP contribution in [0.2, 0.25) is 5.02 Å². The van der Waals surface area contributed by atoms with Crippen LogP contribution in [0.15, 0.2) is 48.5 Å². The lowest BCUT2D eigenvalue weighted by molar-refractivity contribution is -0.141. The highest BCUT2D eigenvalue weighted by Gasteiger charge is 2.28. The van der Waals surface area contributed by atoms with Crippen LogP contribution < -0.4 is 9.62 Å². The Morgan fingerprint density at radius 1 is 1.06 bits per heavy atom. The molecule has 0 aliphatic heterocycles. The van der Waals surface area contributed by atoms with E-state index >= 15 is 0 Å². The van der Waals surface area contributed by atoms with E-state index in [0.29, 0.717) is 36.6 Å². The Hall–Kier alpha value is -2.58. The highest BCUT2D eigenvalue weighted by molar-refractivity contribution is 7.92. The zero-order valence-electron chi connectivity index (χ0n) is 21.7. The second-order valence-corrected chi connectivity index (χ2v) is 11.3. The third-order valence-corrected chi connectivity index (χ3v) is 7.33. The van der Waals surface area contributed by atoms with Gasteiger partial charge in [-0.25, -0.2) is 8.42 Å². The fraction of sp³-hybridized carbons (Fsp3) is 0.481. The zero-order chi connectivity index (χ0) is 26.7. The number of carbonyl (C=O) groups excluding carboxylic acids is 2. The number of halogens is 1. The highest BCUT2D eigenvalue weighted by atomic mass is 35.5. The van der Waals surface area contributed by atoms with Gasteiger partial charge in [0.1, 0.15) is 6.04 Å². The topological polar surface area (TPSA) is 86.8 Å². The minimum absolute atomic E-state index is 0.108. The Bertz CT molecular complexity index is 1120. The van der Waals surface area contributed by atoms with Crippen LogP contribution in [0.3, 0.4) is 0 Å². The first-order valence-corrected chi connectivity index (χ1v) is 14.7. The molecule has 2 rings (SSSR count). The third-order valence-electron chi connectivity index (χ3n) is 5.90. The van der Waals surface area contributed by atoms with E-state index < -0.39 is 16.1 Å². The van der Waals surface area contributed by atoms with Gasteiger partial charge in [0.15, 0.2) is 0 Å². The van der Waals surface area contributed by atoms with E-state index in [-0.39, 0.29) is 24.8 Å². The molecule has 0 heterocycles. The normalized spacial score (nSPS) is 12.1. The molecule has 36 heavy (non-hydrogen) atoms. The minimum atomic E-state index is -3.57. The standard InChI is InChI=1S/C27H38ClN3O4S/c1-5-7-16-29-27(33)25(6-2)30(20-22-12-8-11-21(3)18-22)26(32)15-10-17-31(36(4,34)35)24-14-9-13-23(28)19-24/h8-9,11-14,18-19,25H,5-7,10,15-17,20H2,1-4H3,(H,29,33). The van der Waals surface area contributed by atoms with Gasteiger partial charge in [-0.05, 0) is 49.9 Å². The molecule has 7 nitrogen and oxygen atoms in total. The van der Waals surface area contributed by atoms with Gasteiger partial charge in [-0.1, -0.05) is 67.8 Å². The number of hydrogen-bond donors (Lipinski definition) is 1. The average molecular weight is 536 g/mol. The van der Waals surface area contributed by atoms with E-state index in [9.17, 15) is 18.0 Å². The van der Waals surface area contributed by atoms with Crippen molar-refractivity contribution in [2.24, 2.45) is 0 Å². The van der Waals surface area contributed by atoms with Crippen LogP contribution in [0.1, 0.15) is 57.1 Å². The number of amides is 2. The van der Waals surface area contributed by atoms with E-state index in [0.717, 1.165) is 30.2 Å². The van der Waals surface area contributed by atoms with E-state index in [1.54, 1.807) is 29.2 Å². The average Bonchev–Trinajstić information content (AvgIpc) is 2.81. The third kappa shape index (κ3) is 9.13. The van der Waals surface area contributed by atoms with Crippen LogP contribution in [-0.4, -0.2) is 50.5 Å². The Balaban J connectivity index is 2.20. The summed E-state index contributed by atoms with van der Waals surface area (Å²) in [6.45, 7) is 6.94. The molecule has 1 N–H and O–H groups in total. The predicted octanol–water partition coefficient (Wildman–Crippen LogP) is 4.92. The Morgan fingerprint density at radius 2 is 1.78 bits per heavy atom. The summed E-state index contributed by atoms with van der Waals surface area (Å²) in [5.41, 5.74) is 2.47. The molecule has 9 heteroatoms. The van der Waals surface area contributed by atoms with Gasteiger partial charge in [0, 0.05) is 31.1 Å². The molecule has 198 valence electrons. The Labute approximate surface area is 220 Å². The smallest absolute Gasteiger partial charge is 0.242 e. The zero-order valence-corrected chi connectivity index (χ0v) is 23.2. The molecule has 0 aliphatic carbocycles. The van der Waals surface area contributed by atoms with Gasteiger partial charge in [0.2, 0.25) is 21.8 Å². The second-order valence-electron chi connectivity index (χ2n) is 9.00. The molecule has 0 fully saturated rings. The van der Waals surface area contributed by atoms with E-state index in [1.165, 1.54) is 4.31 Å². The first kappa shape index (κ1) is 29.6. The van der Waals surface area contributed by atoms with Crippen molar-refractivity contribution >= 4 is 39.1 Å². The largest absolute Gasteiger partial charge is 0.354 e. The summed E-state index contributed by atoms with van der Waals surface area (Å²) in [5.74, 6) is -0.350. The maximum atomic E-state index is 13.4. The first-order valence-electron chi connectivity index (χ1n) is 12.4. The number of unbranched alkanes of at least 4 members (excludes halogenated alkanes) is 1. The van der Waals surface area contributed by atoms with Crippen LogP contribution in [-0.2, 0) is 26.2 Å². The molecule has 0 saturated carbocycles. The van der Waals surface area contributed by atoms with E-state index in [2.05, 4.69) is 12.2 Å². The SMILES string of the molecule is CCCCNC(=O)C(CC)N(Cc1cccc(C)c1)C(=O)CCCN(c1cccc(Cl)c1)S(C)(=O)=O. The maximum absolute atomic E-state index is 13.4. The predicted molar refractivity (Wildman–Crippen MR) is 147 cm³/mol. The molecule has 0 aliphatic rings. The molecule has 1 atom stereocenters. The van der Waals surface area contributed by atoms with Crippen LogP contribution in [0.5, 0.6) is 0 Å². The van der Waals surface area contributed by atoms with Crippen molar-refractivity contribution < 1.29 is 18.0 Å². The number of rotatable bonds is 14. The van der Waals surface area contributed by atoms with E-state index in [1.807, 2.05) is 38.1 Å². The van der Waals surface area contributed by atoms with E-state index in [4.69, 9.17) is 11.6 Å². The van der Waals surface area contributed by atoms with Crippen LogP contribution >= 0.6 is 11.6 Å². The molecule has 0 radical (unpaired) electrons. The summed E-state index contributed by atoms with van der Waals surface area (Å²) >= 11 is 6.06. The van der Waals surface area contributed by atoms with Gasteiger partial charge in [0.05, 0.1) is 11.9 Å². The molecular weight excluding hydrogens is 498 g/mol. The molecule has 2 aromatic rings. The summed E-state index contributed by atoms with van der Waals surface area (Å²) in [4.78, 5) is 28.0. The fourth-order valence-corrected chi connectivity index (χ4v) is 5.21. The summed E-state index contributed by atoms with van der Waals surface area (Å²) < 4.78 is 26.1. The molecule has 0 aromatic heterocycles. The van der Waals surface area contributed by atoms with Crippen molar-refractivity contribution in [3.8, 4) is 0 Å². The van der Waals surface area contributed by atoms with Crippen LogP contribution in [0.25, 0.3) is 0 Å². The highest BCUT2D eigenvalue weighted by Crippen LogP contribution is 2.23. The summed E-state index contributed by atoms with van der Waals surface area (Å²) in [6.07, 6.45) is 3.86. The van der Waals surface area contributed by atoms with Crippen molar-refractivity contribution in [2.45, 2.75) is 65.5 Å². The van der Waals surface area contributed by atoms with Gasteiger partial charge >= 0.3 is 0 Å². The number of benzene rings is 2. The molecule has 0 bridgehead atoms. The van der Waals surface area contributed by atoms with Crippen molar-refractivity contribution in [1.29, 1.82) is 0 Å². The minimum Gasteiger partial charge on any atom is -0.354 e. The number of aryl methyl sites for hydroxylation is 1. The van der Waals surface area contributed by atoms with Gasteiger partial charge < -0.3 is 10.2 Å². The molecule has 0 spiro atoms. The second kappa shape index (κ2) is 14.2. The number of nitrogens with one attached hydrogen (secondary N) is 1. The van der Waals surface area contributed by atoms with Gasteiger partial charge in [-0.3, -0.25) is 13.9 Å². The number of anilines is 1. The maximum Gasteiger partial charge on any atom is 0.242 e. The molecule has 2 amide bonds. The van der Waals surface area contributed by atoms with Crippen molar-refractivity contribution in [3.05, 3.63) is 64.7 Å². The number of nitrogens with zero attached hydrogens (tertiary/aromatic N) is 2. The van der Waals surface area contributed by atoms with Crippen molar-refractivity contribution in [1.82, 2.24) is 10.2 Å². The molecule has 2 aromatic carbocycles. The molecular formula is C27H38ClN3O4S. The molecule has 1 unspecified atom stereocenters. The summed E-state index contributed by atoms with van der Waals surface area (Å²) in [6, 6.07) is 13.9. The lowest BCUT2D eigenvalue weighted by atomic mass is 10.1. The lowest BCUT2D eigenvalue weighted by Crippen LogP contribution is -2.49. The van der Waals surface area contributed by atoms with Gasteiger partial charge in [-0.15, -0.1) is 0 Å². The summed E-state index contributed by atoms with van der Waals surface area (Å²) in [7, 11) is -3.57.